The maximum absolute atomic E-state index is 2.33. The van der Waals surface area contributed by atoms with Crippen LogP contribution in [0, 0.1) is 5.92 Å². The van der Waals surface area contributed by atoms with Crippen molar-refractivity contribution in [2.24, 2.45) is 5.92 Å². The van der Waals surface area contributed by atoms with Gasteiger partial charge in [-0.3, -0.25) is 0 Å². The highest BCUT2D eigenvalue weighted by Crippen LogP contribution is 2.25. The molecule has 0 radical (unpaired) electrons. The average molecular weight is 451 g/mol. The minimum Gasteiger partial charge on any atom is -0.0654 e. The van der Waals surface area contributed by atoms with Crippen molar-refractivity contribution in [1.29, 1.82) is 0 Å². The molecule has 0 amide bonds. The molecular weight excluding hydrogens is 384 g/mol. The van der Waals surface area contributed by atoms with Crippen molar-refractivity contribution in [2.45, 2.75) is 201 Å². The maximum atomic E-state index is 2.33. The summed E-state index contributed by atoms with van der Waals surface area (Å²) in [5.41, 5.74) is 0. The van der Waals surface area contributed by atoms with Crippen molar-refractivity contribution in [3.8, 4) is 0 Å². The molecule has 0 heteroatoms. The minimum atomic E-state index is 1.04. The zero-order chi connectivity index (χ0) is 23.4. The molecule has 0 bridgehead atoms. The molecule has 0 saturated heterocycles. The molecular formula is C32H66. The van der Waals surface area contributed by atoms with Crippen LogP contribution < -0.4 is 0 Å². The largest absolute Gasteiger partial charge is 0.0654 e. The summed E-state index contributed by atoms with van der Waals surface area (Å²) >= 11 is 0. The lowest BCUT2D eigenvalue weighted by Gasteiger charge is -2.17. The maximum Gasteiger partial charge on any atom is -0.0414 e. The second-order valence-corrected chi connectivity index (χ2v) is 11.0. The van der Waals surface area contributed by atoms with E-state index in [0.717, 1.165) is 5.92 Å². The molecule has 0 heterocycles. The lowest BCUT2D eigenvalue weighted by Crippen LogP contribution is -2.01. The van der Waals surface area contributed by atoms with Gasteiger partial charge in [0.1, 0.15) is 0 Å². The Morgan fingerprint density at radius 3 is 0.656 bits per heavy atom. The molecule has 0 aromatic heterocycles. The first-order chi connectivity index (χ1) is 15.8. The third-order valence-electron chi connectivity index (χ3n) is 7.65. The van der Waals surface area contributed by atoms with E-state index >= 15 is 0 Å². The highest BCUT2D eigenvalue weighted by molar-refractivity contribution is 4.62. The number of rotatable bonds is 28. The van der Waals surface area contributed by atoms with Gasteiger partial charge in [-0.1, -0.05) is 201 Å². The average Bonchev–Trinajstić information content (AvgIpc) is 2.80. The molecule has 0 N–H and O–H groups in total. The van der Waals surface area contributed by atoms with E-state index in [2.05, 4.69) is 20.8 Å². The molecule has 0 rings (SSSR count). The SMILES string of the molecule is CCCCCCCCCCCCCCCC(CCCCCCCC)CCCCCCCC. The summed E-state index contributed by atoms with van der Waals surface area (Å²) in [5.74, 6) is 1.04. The van der Waals surface area contributed by atoms with Gasteiger partial charge in [-0.05, 0) is 5.92 Å². The van der Waals surface area contributed by atoms with Crippen LogP contribution in [-0.2, 0) is 0 Å². The molecule has 0 spiro atoms. The zero-order valence-corrected chi connectivity index (χ0v) is 23.4. The number of hydrogen-bond acceptors (Lipinski definition) is 0. The van der Waals surface area contributed by atoms with E-state index < -0.39 is 0 Å². The van der Waals surface area contributed by atoms with E-state index in [4.69, 9.17) is 0 Å². The summed E-state index contributed by atoms with van der Waals surface area (Å²) in [6.07, 6.45) is 41.3. The highest BCUT2D eigenvalue weighted by Gasteiger charge is 2.08. The van der Waals surface area contributed by atoms with Crippen LogP contribution in [0.25, 0.3) is 0 Å². The van der Waals surface area contributed by atoms with Gasteiger partial charge in [-0.2, -0.15) is 0 Å². The predicted octanol–water partition coefficient (Wildman–Crippen LogP) is 12.6. The molecule has 0 aromatic carbocycles. The van der Waals surface area contributed by atoms with E-state index in [-0.39, 0.29) is 0 Å². The number of unbranched alkanes of at least 4 members (excludes halogenated alkanes) is 22. The molecule has 0 aliphatic carbocycles. The summed E-state index contributed by atoms with van der Waals surface area (Å²) in [5, 5.41) is 0. The third-order valence-corrected chi connectivity index (χ3v) is 7.65. The van der Waals surface area contributed by atoms with Crippen molar-refractivity contribution >= 4 is 0 Å². The van der Waals surface area contributed by atoms with Crippen molar-refractivity contribution in [3.05, 3.63) is 0 Å². The second kappa shape index (κ2) is 29.0. The normalized spacial score (nSPS) is 11.6. The van der Waals surface area contributed by atoms with Gasteiger partial charge in [0.05, 0.1) is 0 Å². The second-order valence-electron chi connectivity index (χ2n) is 11.0. The number of hydrogen-bond donors (Lipinski definition) is 0. The van der Waals surface area contributed by atoms with Crippen LogP contribution in [0.15, 0.2) is 0 Å². The van der Waals surface area contributed by atoms with Gasteiger partial charge in [0.25, 0.3) is 0 Å². The molecule has 0 nitrogen and oxygen atoms in total. The fraction of sp³-hybridized carbons (Fsp3) is 1.00. The van der Waals surface area contributed by atoms with Gasteiger partial charge < -0.3 is 0 Å². The molecule has 32 heavy (non-hydrogen) atoms. The predicted molar refractivity (Wildman–Crippen MR) is 150 cm³/mol. The quantitative estimate of drug-likeness (QED) is 0.104. The van der Waals surface area contributed by atoms with Crippen molar-refractivity contribution < 1.29 is 0 Å². The van der Waals surface area contributed by atoms with Crippen LogP contribution >= 0.6 is 0 Å². The molecule has 0 aliphatic heterocycles. The third kappa shape index (κ3) is 26.3. The summed E-state index contributed by atoms with van der Waals surface area (Å²) < 4.78 is 0. The van der Waals surface area contributed by atoms with Crippen molar-refractivity contribution in [3.63, 3.8) is 0 Å². The van der Waals surface area contributed by atoms with Gasteiger partial charge in [-0.15, -0.1) is 0 Å². The molecule has 0 aliphatic rings. The summed E-state index contributed by atoms with van der Waals surface area (Å²) in [7, 11) is 0. The Kier molecular flexibility index (Phi) is 29.0. The van der Waals surface area contributed by atoms with E-state index in [9.17, 15) is 0 Å². The molecule has 0 saturated carbocycles. The lowest BCUT2D eigenvalue weighted by atomic mass is 9.89. The summed E-state index contributed by atoms with van der Waals surface area (Å²) in [6, 6.07) is 0. The van der Waals surface area contributed by atoms with Crippen molar-refractivity contribution in [1.82, 2.24) is 0 Å². The summed E-state index contributed by atoms with van der Waals surface area (Å²) in [6.45, 7) is 6.96. The first-order valence-corrected chi connectivity index (χ1v) is 15.8. The Morgan fingerprint density at radius 2 is 0.438 bits per heavy atom. The monoisotopic (exact) mass is 451 g/mol. The highest BCUT2D eigenvalue weighted by atomic mass is 14.1. The van der Waals surface area contributed by atoms with Crippen LogP contribution in [0.3, 0.4) is 0 Å². The van der Waals surface area contributed by atoms with E-state index in [0.29, 0.717) is 0 Å². The van der Waals surface area contributed by atoms with Gasteiger partial charge in [0.15, 0.2) is 0 Å². The Hall–Kier alpha value is 0. The van der Waals surface area contributed by atoms with Crippen LogP contribution in [0.5, 0.6) is 0 Å². The Labute approximate surface area is 206 Å². The van der Waals surface area contributed by atoms with Gasteiger partial charge >= 0.3 is 0 Å². The molecule has 194 valence electrons. The Balaban J connectivity index is 3.69. The van der Waals surface area contributed by atoms with Gasteiger partial charge in [0, 0.05) is 0 Å². The van der Waals surface area contributed by atoms with Crippen molar-refractivity contribution in [2.75, 3.05) is 0 Å². The smallest absolute Gasteiger partial charge is 0.0414 e. The Morgan fingerprint density at radius 1 is 0.250 bits per heavy atom. The molecule has 0 unspecified atom stereocenters. The van der Waals surface area contributed by atoms with Gasteiger partial charge in [-0.25, -0.2) is 0 Å². The first kappa shape index (κ1) is 32.0. The van der Waals surface area contributed by atoms with Crippen LogP contribution in [0.2, 0.25) is 0 Å². The molecule has 0 atom stereocenters. The first-order valence-electron chi connectivity index (χ1n) is 15.8. The van der Waals surface area contributed by atoms with Gasteiger partial charge in [0.2, 0.25) is 0 Å². The minimum absolute atomic E-state index is 1.04. The fourth-order valence-corrected chi connectivity index (χ4v) is 5.31. The molecule has 0 fully saturated rings. The van der Waals surface area contributed by atoms with Crippen LogP contribution in [-0.4, -0.2) is 0 Å². The van der Waals surface area contributed by atoms with E-state index in [1.807, 2.05) is 0 Å². The lowest BCUT2D eigenvalue weighted by molar-refractivity contribution is 0.365. The Bertz CT molecular complexity index is 291. The van der Waals surface area contributed by atoms with E-state index in [1.165, 1.54) is 180 Å². The van der Waals surface area contributed by atoms with E-state index in [1.54, 1.807) is 0 Å². The molecule has 0 aromatic rings. The standard InChI is InChI=1S/C32H66/c1-4-7-10-13-16-17-18-19-20-21-22-25-28-31-32(29-26-23-14-11-8-5-2)30-27-24-15-12-9-6-3/h32H,4-31H2,1-3H3. The topological polar surface area (TPSA) is 0 Å². The van der Waals surface area contributed by atoms with Crippen LogP contribution in [0.1, 0.15) is 201 Å². The fourth-order valence-electron chi connectivity index (χ4n) is 5.31. The zero-order valence-electron chi connectivity index (χ0n) is 23.4. The summed E-state index contributed by atoms with van der Waals surface area (Å²) in [4.78, 5) is 0. The van der Waals surface area contributed by atoms with Crippen LogP contribution in [0.4, 0.5) is 0 Å².